The Morgan fingerprint density at radius 2 is 1.94 bits per heavy atom. The van der Waals surface area contributed by atoms with Crippen LogP contribution in [0.25, 0.3) is 0 Å². The van der Waals surface area contributed by atoms with E-state index < -0.39 is 17.9 Å². The van der Waals surface area contributed by atoms with Gasteiger partial charge >= 0.3 is 11.8 Å². The Morgan fingerprint density at radius 3 is 2.58 bits per heavy atom. The number of nitrogens with zero attached hydrogens (tertiary/aromatic N) is 3. The van der Waals surface area contributed by atoms with E-state index in [-0.39, 0.29) is 30.3 Å². The third kappa shape index (κ3) is 6.12. The van der Waals surface area contributed by atoms with Crippen LogP contribution in [0.1, 0.15) is 39.6 Å². The number of hydrogen-bond donors (Lipinski definition) is 3. The number of primary amides is 1. The summed E-state index contributed by atoms with van der Waals surface area (Å²) in [7, 11) is 5.84. The average Bonchev–Trinajstić information content (AvgIpc) is 3.11. The van der Waals surface area contributed by atoms with Crippen molar-refractivity contribution in [1.82, 2.24) is 25.4 Å². The topological polar surface area (TPSA) is 121 Å². The molecule has 4 N–H and O–H groups in total. The van der Waals surface area contributed by atoms with Crippen LogP contribution in [-0.2, 0) is 22.6 Å². The lowest BCUT2D eigenvalue weighted by molar-refractivity contribution is -0.138. The van der Waals surface area contributed by atoms with E-state index in [2.05, 4.69) is 20.5 Å². The lowest BCUT2D eigenvalue weighted by Crippen LogP contribution is -2.57. The molecule has 0 unspecified atom stereocenters. The lowest BCUT2D eigenvalue weighted by Gasteiger charge is -2.38. The highest BCUT2D eigenvalue weighted by Crippen LogP contribution is 2.28. The number of aromatic nitrogens is 1. The van der Waals surface area contributed by atoms with Crippen molar-refractivity contribution in [2.24, 2.45) is 11.7 Å². The van der Waals surface area contributed by atoms with Crippen molar-refractivity contribution in [3.05, 3.63) is 15.6 Å². The molecule has 1 fully saturated rings. The number of carbonyl (C=O) groups excluding carboxylic acids is 3. The highest BCUT2D eigenvalue weighted by Gasteiger charge is 2.36. The van der Waals surface area contributed by atoms with Crippen molar-refractivity contribution in [2.75, 3.05) is 27.7 Å². The Balaban J connectivity index is 0.00000341. The maximum absolute atomic E-state index is 13.0. The first-order valence-electron chi connectivity index (χ1n) is 9.95. The molecule has 9 nitrogen and oxygen atoms in total. The zero-order chi connectivity index (χ0) is 22.0. The zero-order valence-electron chi connectivity index (χ0n) is 17.8. The summed E-state index contributed by atoms with van der Waals surface area (Å²) in [5.41, 5.74) is 6.08. The van der Waals surface area contributed by atoms with Crippen molar-refractivity contribution in [2.45, 2.75) is 44.3 Å². The predicted octanol–water partition coefficient (Wildman–Crippen LogP) is 0.310. The summed E-state index contributed by atoms with van der Waals surface area (Å²) >= 11 is 6.94. The smallest absolute Gasteiger partial charge is 0.309 e. The number of nitrogens with two attached hydrogens (primary N) is 1. The summed E-state index contributed by atoms with van der Waals surface area (Å²) in [6.07, 6.45) is 2.74. The second-order valence-electron chi connectivity index (χ2n) is 8.14. The SMILES string of the molecule is CN1CCc2nc(C(=O)N[C@@H]3C[C@@H](C(=S)N(C)C)CC[C@@H]3NC(=O)C(N)=O)sc2C1.Cl. The van der Waals surface area contributed by atoms with Crippen LogP contribution >= 0.6 is 36.0 Å². The maximum atomic E-state index is 13.0. The Labute approximate surface area is 197 Å². The van der Waals surface area contributed by atoms with Crippen LogP contribution in [0.4, 0.5) is 0 Å². The molecule has 2 heterocycles. The highest BCUT2D eigenvalue weighted by molar-refractivity contribution is 7.80. The monoisotopic (exact) mass is 488 g/mol. The molecule has 1 aliphatic heterocycles. The molecule has 0 aromatic carbocycles. The van der Waals surface area contributed by atoms with Crippen molar-refractivity contribution in [1.29, 1.82) is 0 Å². The maximum Gasteiger partial charge on any atom is 0.309 e. The van der Waals surface area contributed by atoms with Crippen LogP contribution in [0.2, 0.25) is 0 Å². The molecule has 0 radical (unpaired) electrons. The number of rotatable bonds is 4. The lowest BCUT2D eigenvalue weighted by atomic mass is 9.81. The molecule has 1 aromatic rings. The molecule has 2 aliphatic rings. The van der Waals surface area contributed by atoms with Gasteiger partial charge in [-0.2, -0.15) is 0 Å². The molecule has 0 bridgehead atoms. The van der Waals surface area contributed by atoms with E-state index in [0.29, 0.717) is 17.8 Å². The van der Waals surface area contributed by atoms with Gasteiger partial charge in [-0.15, -0.1) is 23.7 Å². The van der Waals surface area contributed by atoms with Gasteiger partial charge in [-0.25, -0.2) is 4.98 Å². The second-order valence-corrected chi connectivity index (χ2v) is 9.65. The molecule has 3 amide bonds. The normalized spacial score (nSPS) is 23.1. The molecule has 0 saturated heterocycles. The predicted molar refractivity (Wildman–Crippen MR) is 125 cm³/mol. The second kappa shape index (κ2) is 10.7. The molecule has 172 valence electrons. The van der Waals surface area contributed by atoms with Gasteiger partial charge in [0, 0.05) is 50.4 Å². The van der Waals surface area contributed by atoms with Gasteiger partial charge < -0.3 is 26.2 Å². The minimum absolute atomic E-state index is 0. The van der Waals surface area contributed by atoms with Crippen molar-refractivity contribution in [3.8, 4) is 0 Å². The van der Waals surface area contributed by atoms with Crippen LogP contribution in [-0.4, -0.2) is 77.3 Å². The van der Waals surface area contributed by atoms with Crippen molar-refractivity contribution < 1.29 is 14.4 Å². The van der Waals surface area contributed by atoms with Gasteiger partial charge in [-0.1, -0.05) is 12.2 Å². The van der Waals surface area contributed by atoms with Crippen LogP contribution in [0.15, 0.2) is 0 Å². The van der Waals surface area contributed by atoms with Gasteiger partial charge in [0.1, 0.15) is 0 Å². The van der Waals surface area contributed by atoms with Crippen molar-refractivity contribution in [3.63, 3.8) is 0 Å². The van der Waals surface area contributed by atoms with E-state index in [1.807, 2.05) is 26.0 Å². The Morgan fingerprint density at radius 1 is 1.23 bits per heavy atom. The van der Waals surface area contributed by atoms with E-state index >= 15 is 0 Å². The Kier molecular flexibility index (Phi) is 8.75. The molecule has 31 heavy (non-hydrogen) atoms. The number of hydrogen-bond acceptors (Lipinski definition) is 7. The molecule has 3 atom stereocenters. The van der Waals surface area contributed by atoms with Gasteiger partial charge in [0.05, 0.1) is 16.7 Å². The van der Waals surface area contributed by atoms with E-state index in [1.165, 1.54) is 11.3 Å². The number of nitrogens with one attached hydrogen (secondary N) is 2. The number of thiocarbonyl (C=S) groups is 1. The third-order valence-corrected chi connectivity index (χ3v) is 7.39. The van der Waals surface area contributed by atoms with E-state index in [1.54, 1.807) is 0 Å². The first kappa shape index (κ1) is 25.4. The Bertz CT molecular complexity index is 862. The Hall–Kier alpha value is -1.82. The van der Waals surface area contributed by atoms with E-state index in [0.717, 1.165) is 41.5 Å². The van der Waals surface area contributed by atoms with E-state index in [4.69, 9.17) is 18.0 Å². The molecule has 12 heteroatoms. The largest absolute Gasteiger partial charge is 0.372 e. The first-order valence-corrected chi connectivity index (χ1v) is 11.2. The van der Waals surface area contributed by atoms with Crippen LogP contribution in [0.3, 0.4) is 0 Å². The highest BCUT2D eigenvalue weighted by atomic mass is 35.5. The molecule has 3 rings (SSSR count). The van der Waals surface area contributed by atoms with Gasteiger partial charge in [0.15, 0.2) is 5.01 Å². The molecular weight excluding hydrogens is 460 g/mol. The quantitative estimate of drug-likeness (QED) is 0.412. The van der Waals surface area contributed by atoms with Gasteiger partial charge in [0.2, 0.25) is 0 Å². The number of amides is 3. The summed E-state index contributed by atoms with van der Waals surface area (Å²) in [6.45, 7) is 1.71. The number of fused-ring (bicyclic) bond motifs is 1. The summed E-state index contributed by atoms with van der Waals surface area (Å²) in [6, 6.07) is -0.767. The number of carbonyl (C=O) groups is 3. The zero-order valence-corrected chi connectivity index (χ0v) is 20.3. The average molecular weight is 489 g/mol. The summed E-state index contributed by atoms with van der Waals surface area (Å²) in [5.74, 6) is -2.06. The number of thiazole rings is 1. The van der Waals surface area contributed by atoms with Crippen molar-refractivity contribution >= 4 is 58.7 Å². The summed E-state index contributed by atoms with van der Waals surface area (Å²) in [4.78, 5) is 46.6. The molecule has 1 aromatic heterocycles. The van der Waals surface area contributed by atoms with Gasteiger partial charge in [0.25, 0.3) is 5.91 Å². The minimum atomic E-state index is -1.04. The van der Waals surface area contributed by atoms with Gasteiger partial charge in [-0.3, -0.25) is 14.4 Å². The molecule has 1 saturated carbocycles. The third-order valence-electron chi connectivity index (χ3n) is 5.61. The van der Waals surface area contributed by atoms with Crippen LogP contribution in [0, 0.1) is 5.92 Å². The standard InChI is InChI=1S/C19H28N6O3S2.ClH/c1-24(2)19(29)10-4-5-11(21-16(27)15(20)26)13(8-10)22-17(28)18-23-12-6-7-25(3)9-14(12)30-18;/h10-11,13H,4-9H2,1-3H3,(H2,20,26)(H,21,27)(H,22,28);1H/t10-,11-,13+;/m0./s1. The van der Waals surface area contributed by atoms with Crippen LogP contribution < -0.4 is 16.4 Å². The summed E-state index contributed by atoms with van der Waals surface area (Å²) in [5, 5.41) is 6.11. The first-order chi connectivity index (χ1) is 14.2. The van der Waals surface area contributed by atoms with Crippen LogP contribution in [0.5, 0.6) is 0 Å². The fourth-order valence-corrected chi connectivity index (χ4v) is 5.29. The fourth-order valence-electron chi connectivity index (χ4n) is 3.98. The number of halogens is 1. The fraction of sp³-hybridized carbons (Fsp3) is 0.632. The number of likely N-dealkylation sites (N-methyl/N-ethyl adjacent to an activating group) is 1. The minimum Gasteiger partial charge on any atom is -0.372 e. The van der Waals surface area contributed by atoms with Gasteiger partial charge in [-0.05, 0) is 26.3 Å². The van der Waals surface area contributed by atoms with E-state index in [9.17, 15) is 14.4 Å². The molecular formula is C19H29ClN6O3S2. The molecule has 0 spiro atoms. The molecule has 1 aliphatic carbocycles. The summed E-state index contributed by atoms with van der Waals surface area (Å²) < 4.78 is 0.